The summed E-state index contributed by atoms with van der Waals surface area (Å²) < 4.78 is 24.7. The molecule has 0 unspecified atom stereocenters. The summed E-state index contributed by atoms with van der Waals surface area (Å²) in [6.45, 7) is 11.9. The van der Waals surface area contributed by atoms with Crippen LogP contribution in [0.4, 0.5) is 0 Å². The first-order chi connectivity index (χ1) is 27.9. The van der Waals surface area contributed by atoms with E-state index >= 15 is 0 Å². The van der Waals surface area contributed by atoms with E-state index in [1.54, 1.807) is 12.3 Å². The third-order valence-corrected chi connectivity index (χ3v) is 10.9. The van der Waals surface area contributed by atoms with Gasteiger partial charge in [-0.15, -0.1) is 0 Å². The molecule has 6 aromatic rings. The predicted molar refractivity (Wildman–Crippen MR) is 223 cm³/mol. The number of rotatable bonds is 17. The number of nitrogens with zero attached hydrogens (tertiary/aromatic N) is 4. The molecule has 0 bridgehead atoms. The van der Waals surface area contributed by atoms with Crippen LogP contribution in [0.2, 0.25) is 5.02 Å². The zero-order valence-corrected chi connectivity index (χ0v) is 33.6. The molecule has 2 aromatic heterocycles. The fraction of sp³-hybridized carbons (Fsp3) is 0.298. The molecule has 0 amide bonds. The molecule has 4 aromatic carbocycles. The average molecular weight is 782 g/mol. The van der Waals surface area contributed by atoms with Gasteiger partial charge in [-0.3, -0.25) is 4.98 Å². The summed E-state index contributed by atoms with van der Waals surface area (Å²) in [5.74, 6) is 2.79. The monoisotopic (exact) mass is 781 g/mol. The first kappa shape index (κ1) is 39.6. The SMILES string of the molecule is Cc1onc(-c2ccccc2)c1CNCc1cc(Cl)c(OCc2cccc(-c3cccc(OCCCN4CCCC4)c3C)c2C)cc1OCc1cncc(C#N)c1. The van der Waals surface area contributed by atoms with Crippen LogP contribution in [-0.2, 0) is 26.3 Å². The Morgan fingerprint density at radius 3 is 2.37 bits per heavy atom. The Hall–Kier alpha value is -5.66. The molecule has 57 heavy (non-hydrogen) atoms. The Morgan fingerprint density at radius 1 is 0.789 bits per heavy atom. The summed E-state index contributed by atoms with van der Waals surface area (Å²) in [6, 6.07) is 30.2. The lowest BCUT2D eigenvalue weighted by Crippen LogP contribution is -2.22. The summed E-state index contributed by atoms with van der Waals surface area (Å²) in [7, 11) is 0. The molecule has 3 heterocycles. The van der Waals surface area contributed by atoms with E-state index in [1.807, 2.05) is 49.4 Å². The maximum absolute atomic E-state index is 9.41. The molecule has 0 saturated carbocycles. The van der Waals surface area contributed by atoms with Crippen LogP contribution in [0.5, 0.6) is 17.2 Å². The molecule has 1 aliphatic rings. The number of halogens is 1. The van der Waals surface area contributed by atoms with Crippen LogP contribution < -0.4 is 19.5 Å². The van der Waals surface area contributed by atoms with E-state index in [4.69, 9.17) is 30.3 Å². The Kier molecular flexibility index (Phi) is 13.2. The van der Waals surface area contributed by atoms with E-state index in [0.717, 1.165) is 80.2 Å². The average Bonchev–Trinajstić information content (AvgIpc) is 3.90. The molecule has 10 heteroatoms. The molecule has 0 aliphatic carbocycles. The number of pyridine rings is 1. The Bertz CT molecular complexity index is 2330. The number of benzene rings is 4. The van der Waals surface area contributed by atoms with Crippen molar-refractivity contribution in [3.05, 3.63) is 147 Å². The molecule has 0 spiro atoms. The van der Waals surface area contributed by atoms with Crippen LogP contribution in [0, 0.1) is 32.1 Å². The number of nitrogens with one attached hydrogen (secondary N) is 1. The number of nitriles is 1. The predicted octanol–water partition coefficient (Wildman–Crippen LogP) is 10.2. The highest BCUT2D eigenvalue weighted by atomic mass is 35.5. The summed E-state index contributed by atoms with van der Waals surface area (Å²) in [5, 5.41) is 17.7. The van der Waals surface area contributed by atoms with E-state index in [9.17, 15) is 5.26 Å². The molecule has 9 nitrogen and oxygen atoms in total. The maximum atomic E-state index is 9.41. The highest BCUT2D eigenvalue weighted by molar-refractivity contribution is 6.32. The Balaban J connectivity index is 1.07. The zero-order valence-electron chi connectivity index (χ0n) is 32.8. The molecule has 1 aliphatic heterocycles. The number of hydrogen-bond acceptors (Lipinski definition) is 9. The fourth-order valence-corrected chi connectivity index (χ4v) is 7.56. The van der Waals surface area contributed by atoms with Gasteiger partial charge >= 0.3 is 0 Å². The number of aryl methyl sites for hydroxylation is 1. The van der Waals surface area contributed by atoms with Gasteiger partial charge in [-0.2, -0.15) is 5.26 Å². The molecule has 7 rings (SSSR count). The van der Waals surface area contributed by atoms with Crippen LogP contribution in [0.1, 0.15) is 64.0 Å². The van der Waals surface area contributed by atoms with Crippen molar-refractivity contribution in [2.45, 2.75) is 66.3 Å². The van der Waals surface area contributed by atoms with Crippen molar-refractivity contribution in [3.8, 4) is 45.7 Å². The lowest BCUT2D eigenvalue weighted by Gasteiger charge is -2.19. The van der Waals surface area contributed by atoms with Gasteiger partial charge in [-0.05, 0) is 99.1 Å². The molecule has 1 saturated heterocycles. The van der Waals surface area contributed by atoms with Crippen molar-refractivity contribution in [1.82, 2.24) is 20.4 Å². The van der Waals surface area contributed by atoms with Gasteiger partial charge in [0.2, 0.25) is 0 Å². The second-order valence-electron chi connectivity index (χ2n) is 14.5. The number of hydrogen-bond donors (Lipinski definition) is 1. The van der Waals surface area contributed by atoms with Gasteiger partial charge in [0.05, 0.1) is 17.2 Å². The van der Waals surface area contributed by atoms with Crippen LogP contribution in [0.25, 0.3) is 22.4 Å². The quantitative estimate of drug-likeness (QED) is 0.0906. The van der Waals surface area contributed by atoms with E-state index in [2.05, 4.69) is 76.7 Å². The molecule has 1 fully saturated rings. The third kappa shape index (κ3) is 9.84. The van der Waals surface area contributed by atoms with Gasteiger partial charge in [0.1, 0.15) is 48.0 Å². The number of ether oxygens (including phenoxy) is 3. The number of likely N-dealkylation sites (tertiary alicyclic amines) is 1. The van der Waals surface area contributed by atoms with Crippen molar-refractivity contribution in [2.24, 2.45) is 0 Å². The van der Waals surface area contributed by atoms with Gasteiger partial charge in [0.25, 0.3) is 0 Å². The van der Waals surface area contributed by atoms with E-state index < -0.39 is 0 Å². The summed E-state index contributed by atoms with van der Waals surface area (Å²) in [6.07, 6.45) is 6.86. The highest BCUT2D eigenvalue weighted by Crippen LogP contribution is 2.37. The van der Waals surface area contributed by atoms with Gasteiger partial charge in [0.15, 0.2) is 0 Å². The van der Waals surface area contributed by atoms with Crippen LogP contribution in [0.3, 0.4) is 0 Å². The second kappa shape index (κ2) is 19.0. The van der Waals surface area contributed by atoms with Crippen molar-refractivity contribution >= 4 is 11.6 Å². The summed E-state index contributed by atoms with van der Waals surface area (Å²) in [5.41, 5.74) is 10.5. The minimum atomic E-state index is 0.210. The van der Waals surface area contributed by atoms with Gasteiger partial charge in [-0.1, -0.05) is 77.4 Å². The second-order valence-corrected chi connectivity index (χ2v) is 14.9. The van der Waals surface area contributed by atoms with Crippen molar-refractivity contribution in [1.29, 1.82) is 5.26 Å². The van der Waals surface area contributed by atoms with E-state index in [1.165, 1.54) is 32.1 Å². The van der Waals surface area contributed by atoms with Gasteiger partial charge < -0.3 is 29.0 Å². The highest BCUT2D eigenvalue weighted by Gasteiger charge is 2.18. The lowest BCUT2D eigenvalue weighted by atomic mass is 9.93. The largest absolute Gasteiger partial charge is 0.493 e. The lowest BCUT2D eigenvalue weighted by molar-refractivity contribution is 0.262. The van der Waals surface area contributed by atoms with Gasteiger partial charge in [0, 0.05) is 60.3 Å². The van der Waals surface area contributed by atoms with E-state index in [-0.39, 0.29) is 6.61 Å². The standard InChI is InChI=1S/C47H48ClN5O4/c1-32-38(14-9-15-40(32)41-16-10-17-44(33(41)2)54-21-11-20-53-18-7-8-19-53)31-56-46-24-45(55-30-36-22-35(25-49)26-50-27-36)39(23-43(46)48)28-51-29-42-34(3)57-52-47(42)37-12-5-4-6-13-37/h4-6,9-10,12-17,22-24,26-27,51H,7-8,11,18-21,28-31H2,1-3H3. The first-order valence-corrected chi connectivity index (χ1v) is 19.9. The topological polar surface area (TPSA) is 106 Å². The zero-order chi connectivity index (χ0) is 39.6. The van der Waals surface area contributed by atoms with Crippen molar-refractivity contribution < 1.29 is 18.7 Å². The minimum Gasteiger partial charge on any atom is -0.493 e. The fourth-order valence-electron chi connectivity index (χ4n) is 7.32. The van der Waals surface area contributed by atoms with Crippen LogP contribution in [0.15, 0.2) is 102 Å². The van der Waals surface area contributed by atoms with E-state index in [0.29, 0.717) is 48.4 Å². The van der Waals surface area contributed by atoms with Crippen molar-refractivity contribution in [3.63, 3.8) is 0 Å². The molecule has 1 N–H and O–H groups in total. The molecular formula is C47H48ClN5O4. The summed E-state index contributed by atoms with van der Waals surface area (Å²) in [4.78, 5) is 6.72. The number of aromatic nitrogens is 2. The normalized spacial score (nSPS) is 12.8. The first-order valence-electron chi connectivity index (χ1n) is 19.5. The third-order valence-electron chi connectivity index (χ3n) is 10.6. The summed E-state index contributed by atoms with van der Waals surface area (Å²) >= 11 is 6.93. The van der Waals surface area contributed by atoms with Crippen LogP contribution in [-0.4, -0.2) is 41.3 Å². The maximum Gasteiger partial charge on any atom is 0.142 e. The van der Waals surface area contributed by atoms with Gasteiger partial charge in [-0.25, -0.2) is 0 Å². The Morgan fingerprint density at radius 2 is 1.56 bits per heavy atom. The molecule has 292 valence electrons. The smallest absolute Gasteiger partial charge is 0.142 e. The Labute approximate surface area is 340 Å². The molecule has 0 radical (unpaired) electrons. The molecule has 0 atom stereocenters. The molecular weight excluding hydrogens is 734 g/mol. The minimum absolute atomic E-state index is 0.210. The van der Waals surface area contributed by atoms with Crippen LogP contribution >= 0.6 is 11.6 Å². The van der Waals surface area contributed by atoms with Crippen molar-refractivity contribution in [2.75, 3.05) is 26.2 Å².